The molecule has 0 spiro atoms. The highest BCUT2D eigenvalue weighted by Gasteiger charge is 2.29. The molecule has 0 amide bonds. The van der Waals surface area contributed by atoms with Crippen molar-refractivity contribution in [1.29, 1.82) is 0 Å². The Morgan fingerprint density at radius 1 is 1.08 bits per heavy atom. The van der Waals surface area contributed by atoms with Gasteiger partial charge in [0.1, 0.15) is 0 Å². The molecule has 3 rings (SSSR count). The molecule has 2 unspecified atom stereocenters. The van der Waals surface area contributed by atoms with E-state index >= 15 is 0 Å². The number of aliphatic carboxylic acids is 1. The number of hydrogen-bond donors (Lipinski definition) is 3. The van der Waals surface area contributed by atoms with Crippen molar-refractivity contribution in [2.24, 2.45) is 5.92 Å². The number of carbonyl (C=O) groups is 1. The van der Waals surface area contributed by atoms with Crippen LogP contribution in [0.15, 0.2) is 60.7 Å². The second kappa shape index (κ2) is 7.90. The van der Waals surface area contributed by atoms with Gasteiger partial charge < -0.3 is 15.0 Å². The first-order chi connectivity index (χ1) is 12.4. The highest BCUT2D eigenvalue weighted by Crippen LogP contribution is 2.46. The van der Waals surface area contributed by atoms with E-state index in [1.807, 2.05) is 36.4 Å². The Morgan fingerprint density at radius 2 is 1.77 bits per heavy atom. The van der Waals surface area contributed by atoms with Crippen LogP contribution in [0.5, 0.6) is 0 Å². The summed E-state index contributed by atoms with van der Waals surface area (Å²) < 4.78 is 12.5. The number of aromatic nitrogens is 1. The third-order valence-electron chi connectivity index (χ3n) is 4.48. The molecule has 3 N–H and O–H groups in total. The van der Waals surface area contributed by atoms with Crippen LogP contribution in [0.1, 0.15) is 17.7 Å². The topological polar surface area (TPSA) is 90.4 Å². The van der Waals surface area contributed by atoms with Crippen LogP contribution in [0.2, 0.25) is 0 Å². The molecule has 0 aliphatic rings. The Morgan fingerprint density at radius 3 is 2.46 bits per heavy atom. The first kappa shape index (κ1) is 18.4. The fourth-order valence-corrected chi connectivity index (χ4v) is 5.11. The van der Waals surface area contributed by atoms with Crippen molar-refractivity contribution in [1.82, 2.24) is 4.98 Å². The minimum Gasteiger partial charge on any atom is -0.481 e. The van der Waals surface area contributed by atoms with Crippen molar-refractivity contribution < 1.29 is 19.4 Å². The van der Waals surface area contributed by atoms with E-state index in [0.717, 1.165) is 22.2 Å². The molecule has 2 atom stereocenters. The summed E-state index contributed by atoms with van der Waals surface area (Å²) in [6.45, 7) is 0. The number of benzene rings is 2. The molecule has 26 heavy (non-hydrogen) atoms. The zero-order valence-electron chi connectivity index (χ0n) is 14.3. The molecule has 5 nitrogen and oxygen atoms in total. The van der Waals surface area contributed by atoms with Crippen molar-refractivity contribution in [3.05, 3.63) is 71.9 Å². The largest absolute Gasteiger partial charge is 0.481 e. The van der Waals surface area contributed by atoms with E-state index < -0.39 is 19.3 Å². The van der Waals surface area contributed by atoms with E-state index in [0.29, 0.717) is 12.8 Å². The Kier molecular flexibility index (Phi) is 5.60. The first-order valence-electron chi connectivity index (χ1n) is 8.57. The highest BCUT2D eigenvalue weighted by atomic mass is 31.2. The number of para-hydroxylation sites is 1. The van der Waals surface area contributed by atoms with Gasteiger partial charge in [-0.25, -0.2) is 0 Å². The summed E-state index contributed by atoms with van der Waals surface area (Å²) in [5.41, 5.74) is 2.69. The lowest BCUT2D eigenvalue weighted by Crippen LogP contribution is -2.19. The molecule has 1 heterocycles. The molecule has 0 fully saturated rings. The van der Waals surface area contributed by atoms with Gasteiger partial charge in [-0.05, 0) is 35.9 Å². The van der Waals surface area contributed by atoms with Crippen molar-refractivity contribution in [3.8, 4) is 0 Å². The maximum atomic E-state index is 12.5. The van der Waals surface area contributed by atoms with E-state index in [1.54, 1.807) is 24.3 Å². The molecule has 6 heteroatoms. The molecule has 0 saturated carbocycles. The van der Waals surface area contributed by atoms with Gasteiger partial charge in [-0.1, -0.05) is 48.5 Å². The summed E-state index contributed by atoms with van der Waals surface area (Å²) in [4.78, 5) is 25.1. The number of nitrogens with one attached hydrogen (secondary N) is 1. The van der Waals surface area contributed by atoms with Crippen molar-refractivity contribution in [2.45, 2.75) is 19.0 Å². The standard InChI is InChI=1S/C20H22NO4P/c22-20(23)17(14-26(24,25)13-15-6-2-1-3-7-15)10-11-18-12-16-8-4-5-9-19(16)21-18/h1-9,12,17,21H,10-11,13-14H2,(H,22,23)(H,24,25). The van der Waals surface area contributed by atoms with Crippen LogP contribution < -0.4 is 0 Å². The lowest BCUT2D eigenvalue weighted by atomic mass is 10.0. The van der Waals surface area contributed by atoms with Crippen molar-refractivity contribution >= 4 is 24.2 Å². The normalized spacial score (nSPS) is 14.8. The molecule has 0 radical (unpaired) electrons. The van der Waals surface area contributed by atoms with Crippen LogP contribution in [0.3, 0.4) is 0 Å². The van der Waals surface area contributed by atoms with Gasteiger partial charge >= 0.3 is 5.97 Å². The average Bonchev–Trinajstić information content (AvgIpc) is 3.01. The Hall–Kier alpha value is -2.36. The summed E-state index contributed by atoms with van der Waals surface area (Å²) >= 11 is 0. The van der Waals surface area contributed by atoms with Crippen LogP contribution in [-0.2, 0) is 21.9 Å². The van der Waals surface area contributed by atoms with Crippen molar-refractivity contribution in [3.63, 3.8) is 0 Å². The maximum Gasteiger partial charge on any atom is 0.307 e. The Balaban J connectivity index is 1.65. The third kappa shape index (κ3) is 4.84. The molecular formula is C20H22NO4P. The maximum absolute atomic E-state index is 12.5. The summed E-state index contributed by atoms with van der Waals surface area (Å²) in [5, 5.41) is 10.6. The quantitative estimate of drug-likeness (QED) is 0.516. The summed E-state index contributed by atoms with van der Waals surface area (Å²) in [6.07, 6.45) is 0.639. The molecule has 0 aliphatic carbocycles. The first-order valence-corrected chi connectivity index (χ1v) is 10.6. The van der Waals surface area contributed by atoms with Gasteiger partial charge in [0.15, 0.2) is 0 Å². The Labute approximate surface area is 152 Å². The van der Waals surface area contributed by atoms with E-state index in [1.165, 1.54) is 0 Å². The Bertz CT molecular complexity index is 902. The number of H-pyrrole nitrogens is 1. The molecule has 0 saturated heterocycles. The minimum absolute atomic E-state index is 0.00398. The number of fused-ring (bicyclic) bond motifs is 1. The van der Waals surface area contributed by atoms with E-state index in [4.69, 9.17) is 0 Å². The predicted molar refractivity (Wildman–Crippen MR) is 103 cm³/mol. The number of aromatic amines is 1. The lowest BCUT2D eigenvalue weighted by Gasteiger charge is -2.17. The molecule has 136 valence electrons. The zero-order chi connectivity index (χ0) is 18.6. The number of hydrogen-bond acceptors (Lipinski definition) is 2. The number of rotatable bonds is 8. The summed E-state index contributed by atoms with van der Waals surface area (Å²) in [6, 6.07) is 18.9. The average molecular weight is 371 g/mol. The predicted octanol–water partition coefficient (Wildman–Crippen LogP) is 4.27. The monoisotopic (exact) mass is 371 g/mol. The molecule has 3 aromatic rings. The van der Waals surface area contributed by atoms with Crippen LogP contribution >= 0.6 is 7.37 Å². The van der Waals surface area contributed by atoms with E-state index in [-0.39, 0.29) is 12.3 Å². The van der Waals surface area contributed by atoms with Gasteiger partial charge in [0, 0.05) is 23.5 Å². The van der Waals surface area contributed by atoms with Gasteiger partial charge in [-0.2, -0.15) is 0 Å². The van der Waals surface area contributed by atoms with Gasteiger partial charge in [0.25, 0.3) is 0 Å². The third-order valence-corrected chi connectivity index (χ3v) is 6.35. The van der Waals surface area contributed by atoms with Gasteiger partial charge in [0.2, 0.25) is 7.37 Å². The number of aryl methyl sites for hydroxylation is 1. The summed E-state index contributed by atoms with van der Waals surface area (Å²) in [5.74, 6) is -1.87. The van der Waals surface area contributed by atoms with E-state index in [2.05, 4.69) is 4.98 Å². The van der Waals surface area contributed by atoms with Crippen molar-refractivity contribution in [2.75, 3.05) is 6.16 Å². The smallest absolute Gasteiger partial charge is 0.307 e. The van der Waals surface area contributed by atoms with Crippen LogP contribution in [0, 0.1) is 5.92 Å². The fourth-order valence-electron chi connectivity index (χ4n) is 3.17. The SMILES string of the molecule is O=C(O)C(CCc1cc2ccccc2[nH]1)CP(=O)(O)Cc1ccccc1. The van der Waals surface area contributed by atoms with Crippen LogP contribution in [-0.4, -0.2) is 27.1 Å². The summed E-state index contributed by atoms with van der Waals surface area (Å²) in [7, 11) is -3.56. The van der Waals surface area contributed by atoms with Crippen LogP contribution in [0.25, 0.3) is 10.9 Å². The van der Waals surface area contributed by atoms with E-state index in [9.17, 15) is 19.4 Å². The molecule has 2 aromatic carbocycles. The second-order valence-corrected chi connectivity index (χ2v) is 9.00. The number of carboxylic acids is 1. The highest BCUT2D eigenvalue weighted by molar-refractivity contribution is 7.57. The molecular weight excluding hydrogens is 349 g/mol. The second-order valence-electron chi connectivity index (χ2n) is 6.63. The zero-order valence-corrected chi connectivity index (χ0v) is 15.2. The molecule has 1 aromatic heterocycles. The van der Waals surface area contributed by atoms with Gasteiger partial charge in [-0.15, -0.1) is 0 Å². The van der Waals surface area contributed by atoms with Gasteiger partial charge in [-0.3, -0.25) is 9.36 Å². The minimum atomic E-state index is -3.56. The number of carboxylic acid groups (broad SMARTS) is 1. The molecule has 0 bridgehead atoms. The molecule has 0 aliphatic heterocycles. The van der Waals surface area contributed by atoms with Crippen LogP contribution in [0.4, 0.5) is 0 Å². The van der Waals surface area contributed by atoms with Gasteiger partial charge in [0.05, 0.1) is 5.92 Å². The lowest BCUT2D eigenvalue weighted by molar-refractivity contribution is -0.141. The fraction of sp³-hybridized carbons (Fsp3) is 0.250.